The third kappa shape index (κ3) is 5.33. The SMILES string of the molecule is CC(C)(F)CC1(F)CCN(C(=O)c2ccc(NS(=O)(=O)c3cccc4scnc34)cc2)CC1. The van der Waals surface area contributed by atoms with E-state index in [1.165, 1.54) is 55.5 Å². The molecule has 1 saturated heterocycles. The molecule has 3 aromatic rings. The number of amides is 1. The first kappa shape index (κ1) is 23.6. The first-order chi connectivity index (χ1) is 15.5. The quantitative estimate of drug-likeness (QED) is 0.513. The largest absolute Gasteiger partial charge is 0.338 e. The van der Waals surface area contributed by atoms with Crippen LogP contribution in [0.2, 0.25) is 0 Å². The summed E-state index contributed by atoms with van der Waals surface area (Å²) in [7, 11) is -3.86. The lowest BCUT2D eigenvalue weighted by Crippen LogP contribution is -2.46. The molecule has 1 aliphatic heterocycles. The Hall–Kier alpha value is -2.59. The van der Waals surface area contributed by atoms with Crippen LogP contribution in [0.5, 0.6) is 0 Å². The molecule has 0 saturated carbocycles. The molecular formula is C23H25F2N3O3S2. The van der Waals surface area contributed by atoms with Crippen molar-refractivity contribution >= 4 is 43.2 Å². The third-order valence-electron chi connectivity index (χ3n) is 5.68. The molecule has 2 aromatic carbocycles. The van der Waals surface area contributed by atoms with Gasteiger partial charge in [-0.05, 0) is 63.1 Å². The van der Waals surface area contributed by atoms with Crippen molar-refractivity contribution in [3.8, 4) is 0 Å². The van der Waals surface area contributed by atoms with Gasteiger partial charge in [-0.15, -0.1) is 11.3 Å². The van der Waals surface area contributed by atoms with Gasteiger partial charge in [0.05, 0.1) is 10.2 Å². The summed E-state index contributed by atoms with van der Waals surface area (Å²) in [6, 6.07) is 11.1. The molecule has 1 aliphatic rings. The van der Waals surface area contributed by atoms with Crippen molar-refractivity contribution in [2.45, 2.75) is 49.3 Å². The van der Waals surface area contributed by atoms with E-state index in [-0.39, 0.29) is 43.2 Å². The maximum absolute atomic E-state index is 14.9. The van der Waals surface area contributed by atoms with E-state index in [2.05, 4.69) is 9.71 Å². The van der Waals surface area contributed by atoms with Gasteiger partial charge in [0.1, 0.15) is 21.7 Å². The summed E-state index contributed by atoms with van der Waals surface area (Å²) in [5, 5.41) is 0. The Morgan fingerprint density at radius 1 is 1.18 bits per heavy atom. The highest BCUT2D eigenvalue weighted by Crippen LogP contribution is 2.36. The van der Waals surface area contributed by atoms with Crippen LogP contribution >= 0.6 is 11.3 Å². The summed E-state index contributed by atoms with van der Waals surface area (Å²) in [6.07, 6.45) is -0.0102. The van der Waals surface area contributed by atoms with Crippen LogP contribution in [0.4, 0.5) is 14.5 Å². The Bertz CT molecular complexity index is 1260. The second-order valence-electron chi connectivity index (χ2n) is 8.98. The van der Waals surface area contributed by atoms with E-state index in [1.54, 1.807) is 22.5 Å². The monoisotopic (exact) mass is 493 g/mol. The molecular weight excluding hydrogens is 468 g/mol. The first-order valence-corrected chi connectivity index (χ1v) is 12.9. The van der Waals surface area contributed by atoms with Crippen LogP contribution < -0.4 is 4.72 Å². The highest BCUT2D eigenvalue weighted by Gasteiger charge is 2.40. The molecule has 4 rings (SSSR count). The third-order valence-corrected chi connectivity index (χ3v) is 7.89. The number of rotatable bonds is 6. The zero-order valence-electron chi connectivity index (χ0n) is 18.3. The zero-order chi connectivity index (χ0) is 23.9. The number of likely N-dealkylation sites (tertiary alicyclic amines) is 1. The van der Waals surface area contributed by atoms with Crippen LogP contribution in [0.3, 0.4) is 0 Å². The Morgan fingerprint density at radius 2 is 1.85 bits per heavy atom. The Kier molecular flexibility index (Phi) is 6.17. The summed E-state index contributed by atoms with van der Waals surface area (Å²) in [6.45, 7) is 3.13. The van der Waals surface area contributed by atoms with E-state index in [9.17, 15) is 22.0 Å². The molecule has 0 atom stereocenters. The van der Waals surface area contributed by atoms with E-state index >= 15 is 0 Å². The normalized spacial score (nSPS) is 16.7. The number of alkyl halides is 2. The van der Waals surface area contributed by atoms with Gasteiger partial charge in [0.25, 0.3) is 15.9 Å². The van der Waals surface area contributed by atoms with Gasteiger partial charge in [-0.25, -0.2) is 22.2 Å². The van der Waals surface area contributed by atoms with Crippen molar-refractivity contribution < 1.29 is 22.0 Å². The van der Waals surface area contributed by atoms with E-state index in [0.717, 1.165) is 4.70 Å². The minimum atomic E-state index is -3.86. The number of nitrogens with zero attached hydrogens (tertiary/aromatic N) is 2. The van der Waals surface area contributed by atoms with E-state index < -0.39 is 21.4 Å². The second-order valence-corrected chi connectivity index (χ2v) is 11.5. The van der Waals surface area contributed by atoms with Crippen molar-refractivity contribution in [2.75, 3.05) is 17.8 Å². The number of carbonyl (C=O) groups is 1. The number of thiazole rings is 1. The fourth-order valence-electron chi connectivity index (χ4n) is 4.19. The number of hydrogen-bond acceptors (Lipinski definition) is 5. The Morgan fingerprint density at radius 3 is 2.48 bits per heavy atom. The molecule has 0 radical (unpaired) electrons. The number of fused-ring (bicyclic) bond motifs is 1. The van der Waals surface area contributed by atoms with Crippen molar-refractivity contribution in [1.82, 2.24) is 9.88 Å². The lowest BCUT2D eigenvalue weighted by Gasteiger charge is -2.38. The van der Waals surface area contributed by atoms with Gasteiger partial charge in [-0.2, -0.15) is 0 Å². The van der Waals surface area contributed by atoms with E-state index in [0.29, 0.717) is 16.8 Å². The van der Waals surface area contributed by atoms with Gasteiger partial charge in [0.15, 0.2) is 0 Å². The second kappa shape index (κ2) is 8.64. The highest BCUT2D eigenvalue weighted by atomic mass is 32.2. The number of anilines is 1. The van der Waals surface area contributed by atoms with Gasteiger partial charge in [-0.1, -0.05) is 6.07 Å². The minimum Gasteiger partial charge on any atom is -0.338 e. The molecule has 6 nitrogen and oxygen atoms in total. The molecule has 1 aromatic heterocycles. The van der Waals surface area contributed by atoms with Crippen LogP contribution in [0, 0.1) is 0 Å². The summed E-state index contributed by atoms with van der Waals surface area (Å²) >= 11 is 1.36. The molecule has 1 fully saturated rings. The summed E-state index contributed by atoms with van der Waals surface area (Å²) < 4.78 is 57.8. The number of piperidine rings is 1. The van der Waals surface area contributed by atoms with Crippen molar-refractivity contribution in [1.29, 1.82) is 0 Å². The number of sulfonamides is 1. The van der Waals surface area contributed by atoms with Crippen LogP contribution in [0.25, 0.3) is 10.2 Å². The maximum Gasteiger partial charge on any atom is 0.264 e. The molecule has 10 heteroatoms. The fraction of sp³-hybridized carbons (Fsp3) is 0.391. The Balaban J connectivity index is 1.42. The number of halogens is 2. The number of para-hydroxylation sites is 1. The van der Waals surface area contributed by atoms with Gasteiger partial charge >= 0.3 is 0 Å². The van der Waals surface area contributed by atoms with Gasteiger partial charge < -0.3 is 4.90 Å². The smallest absolute Gasteiger partial charge is 0.264 e. The molecule has 33 heavy (non-hydrogen) atoms. The standard InChI is InChI=1S/C23H25F2N3O3S2/c1-22(2,24)14-23(25)10-12-28(13-11-23)21(29)16-6-8-17(9-7-16)27-33(30,31)19-5-3-4-18-20(19)26-15-32-18/h3-9,15,27H,10-14H2,1-2H3. The minimum absolute atomic E-state index is 0.0842. The average molecular weight is 494 g/mol. The lowest BCUT2D eigenvalue weighted by atomic mass is 9.84. The van der Waals surface area contributed by atoms with Crippen molar-refractivity contribution in [3.63, 3.8) is 0 Å². The molecule has 0 aliphatic carbocycles. The topological polar surface area (TPSA) is 79.4 Å². The summed E-state index contributed by atoms with van der Waals surface area (Å²) in [5.74, 6) is -0.266. The number of carbonyl (C=O) groups excluding carboxylic acids is 1. The molecule has 0 spiro atoms. The van der Waals surface area contributed by atoms with Crippen molar-refractivity contribution in [2.24, 2.45) is 0 Å². The van der Waals surface area contributed by atoms with Crippen LogP contribution in [-0.4, -0.2) is 48.6 Å². The average Bonchev–Trinajstić information content (AvgIpc) is 3.21. The molecule has 176 valence electrons. The fourth-order valence-corrected chi connectivity index (χ4v) is 6.19. The first-order valence-electron chi connectivity index (χ1n) is 10.6. The van der Waals surface area contributed by atoms with Crippen molar-refractivity contribution in [3.05, 3.63) is 53.5 Å². The number of benzene rings is 2. The Labute approximate surface area is 195 Å². The predicted octanol–water partition coefficient (Wildman–Crippen LogP) is 5.18. The lowest BCUT2D eigenvalue weighted by molar-refractivity contribution is 0.00996. The summed E-state index contributed by atoms with van der Waals surface area (Å²) in [5.41, 5.74) is -0.531. The zero-order valence-corrected chi connectivity index (χ0v) is 20.0. The predicted molar refractivity (Wildman–Crippen MR) is 126 cm³/mol. The highest BCUT2D eigenvalue weighted by molar-refractivity contribution is 7.93. The van der Waals surface area contributed by atoms with E-state index in [1.807, 2.05) is 0 Å². The molecule has 1 amide bonds. The molecule has 0 unspecified atom stereocenters. The van der Waals surface area contributed by atoms with Gasteiger partial charge in [0, 0.05) is 30.8 Å². The number of nitrogens with one attached hydrogen (secondary N) is 1. The maximum atomic E-state index is 14.9. The number of aromatic nitrogens is 1. The van der Waals surface area contributed by atoms with Gasteiger partial charge in [0.2, 0.25) is 0 Å². The van der Waals surface area contributed by atoms with Crippen LogP contribution in [0.1, 0.15) is 43.5 Å². The molecule has 2 heterocycles. The van der Waals surface area contributed by atoms with Gasteiger partial charge in [-0.3, -0.25) is 9.52 Å². The molecule has 1 N–H and O–H groups in total. The molecule has 0 bridgehead atoms. The van der Waals surface area contributed by atoms with E-state index in [4.69, 9.17) is 0 Å². The van der Waals surface area contributed by atoms with Crippen LogP contribution in [0.15, 0.2) is 52.9 Å². The van der Waals surface area contributed by atoms with Crippen LogP contribution in [-0.2, 0) is 10.0 Å². The summed E-state index contributed by atoms with van der Waals surface area (Å²) in [4.78, 5) is 18.6. The number of hydrogen-bond donors (Lipinski definition) is 1.